The Balaban J connectivity index is 1.73. The van der Waals surface area contributed by atoms with Crippen LogP contribution in [0.25, 0.3) is 11.0 Å². The maximum atomic E-state index is 12.4. The average Bonchev–Trinajstić information content (AvgIpc) is 3.21. The van der Waals surface area contributed by atoms with Gasteiger partial charge in [0.15, 0.2) is 0 Å². The van der Waals surface area contributed by atoms with Crippen LogP contribution >= 0.6 is 0 Å². The number of imidazole rings is 1. The van der Waals surface area contributed by atoms with Gasteiger partial charge in [-0.1, -0.05) is 12.1 Å². The van der Waals surface area contributed by atoms with E-state index in [0.717, 1.165) is 23.9 Å². The zero-order valence-electron chi connectivity index (χ0n) is 11.6. The number of hydrogen-bond donors (Lipinski definition) is 1. The highest BCUT2D eigenvalue weighted by atomic mass is 16.4. The molecule has 1 heterocycles. The molecule has 0 aliphatic heterocycles. The van der Waals surface area contributed by atoms with Crippen molar-refractivity contribution in [3.8, 4) is 0 Å². The fraction of sp³-hybridized carbons (Fsp3) is 0.400. The van der Waals surface area contributed by atoms with Gasteiger partial charge in [-0.3, -0.25) is 9.59 Å². The van der Waals surface area contributed by atoms with E-state index >= 15 is 0 Å². The predicted octanol–water partition coefficient (Wildman–Crippen LogP) is 1.50. The number of carbonyl (C=O) groups is 2. The minimum atomic E-state index is -0.874. The fourth-order valence-corrected chi connectivity index (χ4v) is 2.49. The number of hydrogen-bond acceptors (Lipinski definition) is 3. The molecule has 6 heteroatoms. The number of carboxylic acid groups (broad SMARTS) is 1. The number of aliphatic carboxylic acids is 1. The molecular weight excluding hydrogens is 270 g/mol. The number of fused-ring (bicyclic) bond motifs is 1. The van der Waals surface area contributed by atoms with E-state index in [1.807, 2.05) is 28.8 Å². The van der Waals surface area contributed by atoms with Crippen molar-refractivity contribution in [3.05, 3.63) is 30.6 Å². The number of amides is 1. The van der Waals surface area contributed by atoms with E-state index in [1.54, 1.807) is 11.2 Å². The summed E-state index contributed by atoms with van der Waals surface area (Å²) in [6.07, 6.45) is 3.59. The standard InChI is InChI=1S/C15H17N3O3/c19-14(18(11-5-6-11)8-7-15(20)21)9-17-10-16-12-3-1-2-4-13(12)17/h1-4,10-11H,5-9H2,(H,20,21). The number of nitrogens with zero attached hydrogens (tertiary/aromatic N) is 3. The Labute approximate surface area is 122 Å². The van der Waals surface area contributed by atoms with Gasteiger partial charge in [0.25, 0.3) is 0 Å². The first-order valence-electron chi connectivity index (χ1n) is 7.06. The second-order valence-corrected chi connectivity index (χ2v) is 5.32. The fourth-order valence-electron chi connectivity index (χ4n) is 2.49. The SMILES string of the molecule is O=C(O)CCN(C(=O)Cn1cnc2ccccc21)C1CC1. The van der Waals surface area contributed by atoms with Crippen LogP contribution in [0.2, 0.25) is 0 Å². The highest BCUT2D eigenvalue weighted by Crippen LogP contribution is 2.27. The van der Waals surface area contributed by atoms with Gasteiger partial charge in [-0.15, -0.1) is 0 Å². The average molecular weight is 287 g/mol. The molecule has 0 spiro atoms. The van der Waals surface area contributed by atoms with Crippen LogP contribution in [0.5, 0.6) is 0 Å². The lowest BCUT2D eigenvalue weighted by molar-refractivity contribution is -0.138. The largest absolute Gasteiger partial charge is 0.481 e. The Morgan fingerprint density at radius 2 is 2.10 bits per heavy atom. The number of carbonyl (C=O) groups excluding carboxylic acids is 1. The van der Waals surface area contributed by atoms with Crippen LogP contribution < -0.4 is 0 Å². The summed E-state index contributed by atoms with van der Waals surface area (Å²) in [7, 11) is 0. The van der Waals surface area contributed by atoms with E-state index in [1.165, 1.54) is 0 Å². The zero-order chi connectivity index (χ0) is 14.8. The Kier molecular flexibility index (Phi) is 3.60. The summed E-state index contributed by atoms with van der Waals surface area (Å²) < 4.78 is 1.81. The van der Waals surface area contributed by atoms with Crippen LogP contribution in [-0.4, -0.2) is 44.0 Å². The number of para-hydroxylation sites is 2. The quantitative estimate of drug-likeness (QED) is 0.873. The molecule has 110 valence electrons. The van der Waals surface area contributed by atoms with Crippen molar-refractivity contribution < 1.29 is 14.7 Å². The van der Waals surface area contributed by atoms with Gasteiger partial charge in [-0.05, 0) is 25.0 Å². The van der Waals surface area contributed by atoms with Crippen LogP contribution in [0.4, 0.5) is 0 Å². The van der Waals surface area contributed by atoms with Crippen LogP contribution in [0.15, 0.2) is 30.6 Å². The maximum absolute atomic E-state index is 12.4. The summed E-state index contributed by atoms with van der Waals surface area (Å²) in [5.74, 6) is -0.913. The Morgan fingerprint density at radius 1 is 1.33 bits per heavy atom. The van der Waals surface area contributed by atoms with Gasteiger partial charge in [0.1, 0.15) is 6.54 Å². The summed E-state index contributed by atoms with van der Waals surface area (Å²) in [5, 5.41) is 8.79. The third-order valence-corrected chi connectivity index (χ3v) is 3.71. The molecular formula is C15H17N3O3. The molecule has 1 fully saturated rings. The van der Waals surface area contributed by atoms with Crippen LogP contribution in [0.3, 0.4) is 0 Å². The monoisotopic (exact) mass is 287 g/mol. The molecule has 0 radical (unpaired) electrons. The maximum Gasteiger partial charge on any atom is 0.305 e. The molecule has 1 N–H and O–H groups in total. The van der Waals surface area contributed by atoms with Gasteiger partial charge in [-0.25, -0.2) is 4.98 Å². The van der Waals surface area contributed by atoms with Crippen molar-refractivity contribution in [1.82, 2.24) is 14.5 Å². The third kappa shape index (κ3) is 3.04. The van der Waals surface area contributed by atoms with Gasteiger partial charge in [0, 0.05) is 12.6 Å². The van der Waals surface area contributed by atoms with Gasteiger partial charge >= 0.3 is 5.97 Å². The lowest BCUT2D eigenvalue weighted by atomic mass is 10.3. The molecule has 6 nitrogen and oxygen atoms in total. The molecule has 1 aliphatic rings. The molecule has 21 heavy (non-hydrogen) atoms. The predicted molar refractivity (Wildman–Crippen MR) is 76.7 cm³/mol. The summed E-state index contributed by atoms with van der Waals surface area (Å²) in [6, 6.07) is 7.86. The molecule has 0 atom stereocenters. The number of aromatic nitrogens is 2. The Hall–Kier alpha value is -2.37. The normalized spacial score (nSPS) is 14.3. The van der Waals surface area contributed by atoms with Gasteiger partial charge in [-0.2, -0.15) is 0 Å². The van der Waals surface area contributed by atoms with E-state index in [2.05, 4.69) is 4.98 Å². The van der Waals surface area contributed by atoms with E-state index in [-0.39, 0.29) is 31.5 Å². The highest BCUT2D eigenvalue weighted by molar-refractivity contribution is 5.81. The van der Waals surface area contributed by atoms with Crippen molar-refractivity contribution >= 4 is 22.9 Å². The van der Waals surface area contributed by atoms with Crippen LogP contribution in [0, 0.1) is 0 Å². The highest BCUT2D eigenvalue weighted by Gasteiger charge is 2.32. The van der Waals surface area contributed by atoms with E-state index in [9.17, 15) is 9.59 Å². The molecule has 3 rings (SSSR count). The van der Waals surface area contributed by atoms with Crippen LogP contribution in [0.1, 0.15) is 19.3 Å². The molecule has 1 aliphatic carbocycles. The minimum absolute atomic E-state index is 0.00703. The number of benzene rings is 1. The molecule has 2 aromatic rings. The first kappa shape index (κ1) is 13.6. The number of carboxylic acids is 1. The van der Waals surface area contributed by atoms with E-state index in [0.29, 0.717) is 0 Å². The van der Waals surface area contributed by atoms with Gasteiger partial charge in [0.2, 0.25) is 5.91 Å². The molecule has 1 aromatic carbocycles. The van der Waals surface area contributed by atoms with Crippen molar-refractivity contribution in [1.29, 1.82) is 0 Å². The second-order valence-electron chi connectivity index (χ2n) is 5.32. The first-order chi connectivity index (χ1) is 10.1. The summed E-state index contributed by atoms with van der Waals surface area (Å²) >= 11 is 0. The zero-order valence-corrected chi connectivity index (χ0v) is 11.6. The van der Waals surface area contributed by atoms with Crippen molar-refractivity contribution in [2.24, 2.45) is 0 Å². The summed E-state index contributed by atoms with van der Waals surface area (Å²) in [5.41, 5.74) is 1.77. The van der Waals surface area contributed by atoms with Crippen molar-refractivity contribution in [2.75, 3.05) is 6.54 Å². The lowest BCUT2D eigenvalue weighted by Crippen LogP contribution is -2.37. The first-order valence-corrected chi connectivity index (χ1v) is 7.06. The lowest BCUT2D eigenvalue weighted by Gasteiger charge is -2.22. The van der Waals surface area contributed by atoms with Gasteiger partial charge < -0.3 is 14.6 Å². The molecule has 1 saturated carbocycles. The molecule has 0 bridgehead atoms. The summed E-state index contributed by atoms with van der Waals surface area (Å²) in [6.45, 7) is 0.488. The topological polar surface area (TPSA) is 75.4 Å². The Bertz CT molecular complexity index is 676. The Morgan fingerprint density at radius 3 is 2.81 bits per heavy atom. The molecule has 0 unspecified atom stereocenters. The molecule has 1 aromatic heterocycles. The van der Waals surface area contributed by atoms with Crippen molar-refractivity contribution in [2.45, 2.75) is 31.8 Å². The summed E-state index contributed by atoms with van der Waals surface area (Å²) in [4.78, 5) is 29.1. The third-order valence-electron chi connectivity index (χ3n) is 3.71. The van der Waals surface area contributed by atoms with E-state index < -0.39 is 5.97 Å². The van der Waals surface area contributed by atoms with Crippen LogP contribution in [-0.2, 0) is 16.1 Å². The number of rotatable bonds is 6. The van der Waals surface area contributed by atoms with E-state index in [4.69, 9.17) is 5.11 Å². The molecule has 0 saturated heterocycles. The minimum Gasteiger partial charge on any atom is -0.481 e. The van der Waals surface area contributed by atoms with Crippen molar-refractivity contribution in [3.63, 3.8) is 0 Å². The molecule has 1 amide bonds. The smallest absolute Gasteiger partial charge is 0.305 e. The van der Waals surface area contributed by atoms with Gasteiger partial charge in [0.05, 0.1) is 23.8 Å². The second kappa shape index (κ2) is 5.55.